The summed E-state index contributed by atoms with van der Waals surface area (Å²) in [5, 5.41) is 0. The van der Waals surface area contributed by atoms with Gasteiger partial charge in [-0.1, -0.05) is 30.3 Å². The predicted octanol–water partition coefficient (Wildman–Crippen LogP) is 2.04. The average molecular weight is 280 g/mol. The molecule has 1 aliphatic rings. The Morgan fingerprint density at radius 3 is 2.67 bits per heavy atom. The first-order valence-corrected chi connectivity index (χ1v) is 6.64. The first-order chi connectivity index (χ1) is 10.3. The minimum atomic E-state index is 0.414. The lowest BCUT2D eigenvalue weighted by molar-refractivity contribution is 0.415. The van der Waals surface area contributed by atoms with E-state index in [2.05, 4.69) is 15.4 Å². The third kappa shape index (κ3) is 2.64. The molecule has 0 aromatic heterocycles. The highest BCUT2D eigenvalue weighted by Gasteiger charge is 2.16. The number of hydrogen-bond acceptors (Lipinski definition) is 5. The Bertz CT molecular complexity index is 707. The fourth-order valence-electron chi connectivity index (χ4n) is 2.27. The average Bonchev–Trinajstić information content (AvgIpc) is 2.74. The highest BCUT2D eigenvalue weighted by atomic mass is 16.5. The predicted molar refractivity (Wildman–Crippen MR) is 84.4 cm³/mol. The van der Waals surface area contributed by atoms with Gasteiger partial charge in [0.05, 0.1) is 25.1 Å². The monoisotopic (exact) mass is 280 g/mol. The molecule has 2 aromatic rings. The minimum Gasteiger partial charge on any atom is -0.497 e. The smallest absolute Gasteiger partial charge is 0.138 e. The van der Waals surface area contributed by atoms with Crippen molar-refractivity contribution in [3.05, 3.63) is 59.7 Å². The lowest BCUT2D eigenvalue weighted by Crippen LogP contribution is -2.32. The number of nitrogens with two attached hydrogens (primary N) is 1. The Hall–Kier alpha value is -2.66. The molecule has 21 heavy (non-hydrogen) atoms. The Balaban J connectivity index is 2.18. The summed E-state index contributed by atoms with van der Waals surface area (Å²) in [6, 6.07) is 15.8. The van der Waals surface area contributed by atoms with Gasteiger partial charge in [0, 0.05) is 11.1 Å². The largest absolute Gasteiger partial charge is 0.497 e. The molecule has 3 N–H and O–H groups in total. The van der Waals surface area contributed by atoms with Crippen molar-refractivity contribution < 1.29 is 4.74 Å². The van der Waals surface area contributed by atoms with E-state index in [9.17, 15) is 0 Å². The van der Waals surface area contributed by atoms with E-state index in [1.807, 2.05) is 48.5 Å². The van der Waals surface area contributed by atoms with Crippen LogP contribution in [-0.2, 0) is 0 Å². The van der Waals surface area contributed by atoms with Gasteiger partial charge < -0.3 is 10.2 Å². The van der Waals surface area contributed by atoms with Gasteiger partial charge in [0.1, 0.15) is 11.6 Å². The van der Waals surface area contributed by atoms with Crippen LogP contribution in [0.15, 0.2) is 58.5 Å². The van der Waals surface area contributed by atoms with Gasteiger partial charge in [-0.3, -0.25) is 4.99 Å². The molecule has 0 spiro atoms. The normalized spacial score (nSPS) is 13.6. The molecule has 0 saturated heterocycles. The van der Waals surface area contributed by atoms with Crippen molar-refractivity contribution in [3.8, 4) is 5.75 Å². The number of hydrazine groups is 1. The molecule has 106 valence electrons. The van der Waals surface area contributed by atoms with Gasteiger partial charge in [0.2, 0.25) is 0 Å². The van der Waals surface area contributed by atoms with Gasteiger partial charge in [-0.2, -0.15) is 0 Å². The summed E-state index contributed by atoms with van der Waals surface area (Å²) in [6.07, 6.45) is 0. The van der Waals surface area contributed by atoms with Gasteiger partial charge in [0.15, 0.2) is 0 Å². The molecule has 0 saturated carbocycles. The maximum absolute atomic E-state index is 5.50. The molecule has 0 bridgehead atoms. The highest BCUT2D eigenvalue weighted by Crippen LogP contribution is 2.29. The van der Waals surface area contributed by atoms with Gasteiger partial charge in [-0.05, 0) is 18.2 Å². The number of nitrogens with one attached hydrogen (secondary N) is 1. The van der Waals surface area contributed by atoms with E-state index >= 15 is 0 Å². The molecule has 3 rings (SSSR count). The first kappa shape index (κ1) is 13.3. The summed E-state index contributed by atoms with van der Waals surface area (Å²) < 4.78 is 5.31. The zero-order valence-corrected chi connectivity index (χ0v) is 11.7. The lowest BCUT2D eigenvalue weighted by Gasteiger charge is -2.10. The van der Waals surface area contributed by atoms with Crippen LogP contribution in [0.2, 0.25) is 0 Å². The summed E-state index contributed by atoms with van der Waals surface area (Å²) >= 11 is 0. The number of rotatable bonds is 2. The number of ether oxygens (including phenoxy) is 1. The van der Waals surface area contributed by atoms with E-state index in [-0.39, 0.29) is 0 Å². The molecule has 0 aliphatic carbocycles. The van der Waals surface area contributed by atoms with Crippen LogP contribution >= 0.6 is 0 Å². The second kappa shape index (κ2) is 5.76. The van der Waals surface area contributed by atoms with Gasteiger partial charge in [0.25, 0.3) is 0 Å². The van der Waals surface area contributed by atoms with Crippen LogP contribution in [0.1, 0.15) is 11.1 Å². The van der Waals surface area contributed by atoms with Crippen LogP contribution in [0.4, 0.5) is 5.69 Å². The van der Waals surface area contributed by atoms with Crippen molar-refractivity contribution in [2.24, 2.45) is 15.8 Å². The summed E-state index contributed by atoms with van der Waals surface area (Å²) in [5.41, 5.74) is 6.29. The van der Waals surface area contributed by atoms with Crippen molar-refractivity contribution in [2.75, 3.05) is 13.7 Å². The highest BCUT2D eigenvalue weighted by molar-refractivity contribution is 6.17. The molecule has 2 aromatic carbocycles. The molecular formula is C16H16N4O. The Labute approximate surface area is 123 Å². The standard InChI is InChI=1S/C16H16N4O/c1-21-12-7-8-14-13(9-12)16(11-5-3-2-4-6-11)18-10-15(19-14)20-17/h2-9H,10,17H2,1H3,(H,19,20). The maximum atomic E-state index is 5.50. The number of nitrogens with zero attached hydrogens (tertiary/aromatic N) is 2. The fourth-order valence-corrected chi connectivity index (χ4v) is 2.27. The summed E-state index contributed by atoms with van der Waals surface area (Å²) in [5.74, 6) is 6.90. The Morgan fingerprint density at radius 2 is 1.95 bits per heavy atom. The number of amidine groups is 1. The number of methoxy groups -OCH3 is 1. The van der Waals surface area contributed by atoms with Crippen LogP contribution in [0.3, 0.4) is 0 Å². The van der Waals surface area contributed by atoms with Crippen LogP contribution in [0.25, 0.3) is 0 Å². The van der Waals surface area contributed by atoms with E-state index in [0.717, 1.165) is 28.3 Å². The first-order valence-electron chi connectivity index (χ1n) is 6.64. The number of aliphatic imine (C=N–C) groups is 2. The second-order valence-electron chi connectivity index (χ2n) is 4.62. The molecule has 0 atom stereocenters. The quantitative estimate of drug-likeness (QED) is 0.653. The van der Waals surface area contributed by atoms with E-state index in [4.69, 9.17) is 10.6 Å². The third-order valence-corrected chi connectivity index (χ3v) is 3.32. The van der Waals surface area contributed by atoms with Gasteiger partial charge in [-0.25, -0.2) is 10.8 Å². The molecule has 5 nitrogen and oxygen atoms in total. The molecular weight excluding hydrogens is 264 g/mol. The van der Waals surface area contributed by atoms with Gasteiger partial charge >= 0.3 is 0 Å². The lowest BCUT2D eigenvalue weighted by atomic mass is 10.0. The topological polar surface area (TPSA) is 72.0 Å². The Kier molecular flexibility index (Phi) is 3.66. The molecule has 5 heteroatoms. The SMILES string of the molecule is COc1ccc2c(c1)C(c1ccccc1)=NCC(NN)=N2. The number of fused-ring (bicyclic) bond motifs is 1. The summed E-state index contributed by atoms with van der Waals surface area (Å²) in [4.78, 5) is 9.17. The molecule has 0 radical (unpaired) electrons. The van der Waals surface area contributed by atoms with Crippen molar-refractivity contribution >= 4 is 17.2 Å². The molecule has 1 aliphatic heterocycles. The maximum Gasteiger partial charge on any atom is 0.138 e. The van der Waals surface area contributed by atoms with Crippen molar-refractivity contribution in [3.63, 3.8) is 0 Å². The molecule has 0 fully saturated rings. The van der Waals surface area contributed by atoms with Crippen LogP contribution in [0, 0.1) is 0 Å². The van der Waals surface area contributed by atoms with E-state index < -0.39 is 0 Å². The zero-order chi connectivity index (χ0) is 14.7. The summed E-state index contributed by atoms with van der Waals surface area (Å²) in [7, 11) is 1.65. The van der Waals surface area contributed by atoms with Crippen molar-refractivity contribution in [2.45, 2.75) is 0 Å². The van der Waals surface area contributed by atoms with E-state index in [1.165, 1.54) is 0 Å². The molecule has 0 amide bonds. The van der Waals surface area contributed by atoms with Crippen molar-refractivity contribution in [1.29, 1.82) is 0 Å². The molecule has 1 heterocycles. The fraction of sp³-hybridized carbons (Fsp3) is 0.125. The minimum absolute atomic E-state index is 0.414. The molecule has 0 unspecified atom stereocenters. The summed E-state index contributed by atoms with van der Waals surface area (Å²) in [6.45, 7) is 0.414. The number of hydrogen-bond donors (Lipinski definition) is 2. The van der Waals surface area contributed by atoms with Crippen LogP contribution < -0.4 is 16.0 Å². The third-order valence-electron chi connectivity index (χ3n) is 3.32. The van der Waals surface area contributed by atoms with Crippen molar-refractivity contribution in [1.82, 2.24) is 5.43 Å². The second-order valence-corrected chi connectivity index (χ2v) is 4.62. The van der Waals surface area contributed by atoms with Gasteiger partial charge in [-0.15, -0.1) is 0 Å². The zero-order valence-electron chi connectivity index (χ0n) is 11.7. The van der Waals surface area contributed by atoms with E-state index in [0.29, 0.717) is 12.4 Å². The van der Waals surface area contributed by atoms with Crippen LogP contribution in [-0.4, -0.2) is 25.2 Å². The Morgan fingerprint density at radius 1 is 1.14 bits per heavy atom. The van der Waals surface area contributed by atoms with Crippen LogP contribution in [0.5, 0.6) is 5.75 Å². The van der Waals surface area contributed by atoms with E-state index in [1.54, 1.807) is 7.11 Å². The number of benzene rings is 2.